The zero-order valence-corrected chi connectivity index (χ0v) is 11.8. The summed E-state index contributed by atoms with van der Waals surface area (Å²) in [4.78, 5) is 0. The lowest BCUT2D eigenvalue weighted by Crippen LogP contribution is -2.29. The highest BCUT2D eigenvalue weighted by Gasteiger charge is 2.54. The molecular weight excluding hydrogens is 302 g/mol. The first-order valence-electron chi connectivity index (χ1n) is 7.43. The average molecular weight is 314 g/mol. The van der Waals surface area contributed by atoms with E-state index in [1.54, 1.807) is 24.3 Å². The Morgan fingerprint density at radius 3 is 2.43 bits per heavy atom. The molecule has 0 saturated carbocycles. The maximum atomic E-state index is 14.5. The summed E-state index contributed by atoms with van der Waals surface area (Å²) >= 11 is 0. The number of benzene rings is 3. The summed E-state index contributed by atoms with van der Waals surface area (Å²) in [6, 6.07) is 8.96. The molecule has 0 radical (unpaired) electrons. The van der Waals surface area contributed by atoms with Crippen LogP contribution >= 0.6 is 0 Å². The van der Waals surface area contributed by atoms with Gasteiger partial charge < -0.3 is 14.9 Å². The highest BCUT2D eigenvalue weighted by Crippen LogP contribution is 2.53. The molecule has 2 aliphatic rings. The highest BCUT2D eigenvalue weighted by atomic mass is 19.1. The Morgan fingerprint density at radius 1 is 0.870 bits per heavy atom. The second-order valence-electron chi connectivity index (χ2n) is 6.14. The van der Waals surface area contributed by atoms with Crippen LogP contribution in [0.1, 0.15) is 23.3 Å². The van der Waals surface area contributed by atoms with Crippen LogP contribution in [0.25, 0.3) is 21.5 Å². The zero-order valence-electron chi connectivity index (χ0n) is 11.8. The van der Waals surface area contributed by atoms with Crippen molar-refractivity contribution in [3.63, 3.8) is 0 Å². The fourth-order valence-corrected chi connectivity index (χ4v) is 3.77. The molecule has 5 rings (SSSR count). The van der Waals surface area contributed by atoms with Crippen LogP contribution in [-0.2, 0) is 4.74 Å². The van der Waals surface area contributed by atoms with Crippen molar-refractivity contribution in [3.8, 4) is 0 Å². The van der Waals surface area contributed by atoms with Crippen LogP contribution in [0.5, 0.6) is 0 Å². The van der Waals surface area contributed by atoms with Gasteiger partial charge in [0.1, 0.15) is 36.1 Å². The van der Waals surface area contributed by atoms with Crippen molar-refractivity contribution < 1.29 is 23.7 Å². The van der Waals surface area contributed by atoms with E-state index in [4.69, 9.17) is 4.74 Å². The average Bonchev–Trinajstić information content (AvgIpc) is 3.35. The van der Waals surface area contributed by atoms with E-state index in [9.17, 15) is 19.0 Å². The predicted molar refractivity (Wildman–Crippen MR) is 80.0 cm³/mol. The third-order valence-electron chi connectivity index (χ3n) is 4.92. The van der Waals surface area contributed by atoms with Gasteiger partial charge in [-0.15, -0.1) is 0 Å². The van der Waals surface area contributed by atoms with Gasteiger partial charge in [0.05, 0.1) is 0 Å². The number of rotatable bonds is 0. The standard InChI is InChI=1S/C18H12F2O3/c19-10-5-6-11(20)13-8(10)3-1-7-2-4-9-14(12(7)13)17-18(23-17)16(22)15(9)21/h1-6,15-18,21-22H/t15-,16+,17+,18-/m0/s1. The molecular formula is C18H12F2O3. The molecule has 2 N–H and O–H groups in total. The molecule has 23 heavy (non-hydrogen) atoms. The SMILES string of the molecule is O[C@H]1[C@@H]2O[C@@H]2c2c(ccc3ccc4c(F)ccc(F)c4c23)[C@@H]1O. The second-order valence-corrected chi connectivity index (χ2v) is 6.14. The maximum Gasteiger partial charge on any atom is 0.131 e. The topological polar surface area (TPSA) is 53.0 Å². The van der Waals surface area contributed by atoms with Gasteiger partial charge in [0.15, 0.2) is 0 Å². The van der Waals surface area contributed by atoms with Gasteiger partial charge in [-0.1, -0.05) is 24.3 Å². The molecule has 1 heterocycles. The summed E-state index contributed by atoms with van der Waals surface area (Å²) in [5, 5.41) is 22.0. The van der Waals surface area contributed by atoms with Crippen LogP contribution in [0, 0.1) is 11.6 Å². The summed E-state index contributed by atoms with van der Waals surface area (Å²) < 4.78 is 34.0. The number of epoxide rings is 1. The number of aliphatic hydroxyl groups excluding tert-OH is 2. The van der Waals surface area contributed by atoms with Gasteiger partial charge >= 0.3 is 0 Å². The van der Waals surface area contributed by atoms with Gasteiger partial charge in [-0.2, -0.15) is 0 Å². The summed E-state index contributed by atoms with van der Waals surface area (Å²) in [7, 11) is 0. The molecule has 116 valence electrons. The van der Waals surface area contributed by atoms with Gasteiger partial charge in [-0.3, -0.25) is 0 Å². The maximum absolute atomic E-state index is 14.5. The third-order valence-corrected chi connectivity index (χ3v) is 4.92. The molecule has 1 aliphatic carbocycles. The van der Waals surface area contributed by atoms with E-state index in [1.165, 1.54) is 0 Å². The van der Waals surface area contributed by atoms with Crippen molar-refractivity contribution >= 4 is 21.5 Å². The number of hydrogen-bond acceptors (Lipinski definition) is 3. The smallest absolute Gasteiger partial charge is 0.131 e. The Labute approximate surface area is 129 Å². The lowest BCUT2D eigenvalue weighted by atomic mass is 9.83. The van der Waals surface area contributed by atoms with E-state index in [-0.39, 0.29) is 16.9 Å². The van der Waals surface area contributed by atoms with Crippen molar-refractivity contribution in [1.82, 2.24) is 0 Å². The van der Waals surface area contributed by atoms with Gasteiger partial charge in [0, 0.05) is 10.8 Å². The van der Waals surface area contributed by atoms with Crippen LogP contribution < -0.4 is 0 Å². The van der Waals surface area contributed by atoms with Crippen LogP contribution in [-0.4, -0.2) is 22.4 Å². The molecule has 0 amide bonds. The Bertz CT molecular complexity index is 985. The minimum Gasteiger partial charge on any atom is -0.387 e. The van der Waals surface area contributed by atoms with Gasteiger partial charge in [-0.05, 0) is 34.0 Å². The van der Waals surface area contributed by atoms with E-state index in [1.807, 2.05) is 0 Å². The fourth-order valence-electron chi connectivity index (χ4n) is 3.77. The van der Waals surface area contributed by atoms with Crippen LogP contribution in [0.2, 0.25) is 0 Å². The highest BCUT2D eigenvalue weighted by molar-refractivity contribution is 6.10. The van der Waals surface area contributed by atoms with Crippen molar-refractivity contribution in [2.75, 3.05) is 0 Å². The molecule has 5 heteroatoms. The first kappa shape index (κ1) is 13.4. The molecule has 0 spiro atoms. The molecule has 1 aliphatic heterocycles. The molecule has 1 fully saturated rings. The van der Waals surface area contributed by atoms with Crippen molar-refractivity contribution in [1.29, 1.82) is 0 Å². The van der Waals surface area contributed by atoms with Crippen molar-refractivity contribution in [3.05, 3.63) is 59.2 Å². The third kappa shape index (κ3) is 1.62. The number of halogens is 2. The number of fused-ring (bicyclic) bond motifs is 7. The van der Waals surface area contributed by atoms with Crippen LogP contribution in [0.4, 0.5) is 8.78 Å². The van der Waals surface area contributed by atoms with Crippen LogP contribution in [0.15, 0.2) is 36.4 Å². The van der Waals surface area contributed by atoms with E-state index in [0.29, 0.717) is 16.5 Å². The molecule has 0 bridgehead atoms. The summed E-state index contributed by atoms with van der Waals surface area (Å²) in [5.41, 5.74) is 1.17. The van der Waals surface area contributed by atoms with Crippen molar-refractivity contribution in [2.45, 2.75) is 24.4 Å². The van der Waals surface area contributed by atoms with Gasteiger partial charge in [0.2, 0.25) is 0 Å². The first-order chi connectivity index (χ1) is 11.1. The lowest BCUT2D eigenvalue weighted by Gasteiger charge is -2.25. The number of aliphatic hydroxyl groups is 2. The summed E-state index contributed by atoms with van der Waals surface area (Å²) in [6.45, 7) is 0. The monoisotopic (exact) mass is 314 g/mol. The second kappa shape index (κ2) is 4.26. The van der Waals surface area contributed by atoms with E-state index in [2.05, 4.69) is 0 Å². The molecule has 0 unspecified atom stereocenters. The van der Waals surface area contributed by atoms with Crippen LogP contribution in [0.3, 0.4) is 0 Å². The Kier molecular flexibility index (Phi) is 2.48. The van der Waals surface area contributed by atoms with Gasteiger partial charge in [0.25, 0.3) is 0 Å². The molecule has 0 aromatic heterocycles. The normalized spacial score (nSPS) is 28.7. The minimum absolute atomic E-state index is 0.192. The molecule has 3 aromatic rings. The largest absolute Gasteiger partial charge is 0.387 e. The van der Waals surface area contributed by atoms with E-state index >= 15 is 0 Å². The fraction of sp³-hybridized carbons (Fsp3) is 0.222. The molecule has 4 atom stereocenters. The Balaban J connectivity index is 1.99. The minimum atomic E-state index is -1.09. The molecule has 1 saturated heterocycles. The Hall–Kier alpha value is -2.08. The zero-order chi connectivity index (χ0) is 15.9. The summed E-state index contributed by atoms with van der Waals surface area (Å²) in [5.74, 6) is -1.01. The van der Waals surface area contributed by atoms with Crippen molar-refractivity contribution in [2.24, 2.45) is 0 Å². The van der Waals surface area contributed by atoms with E-state index in [0.717, 1.165) is 17.5 Å². The van der Waals surface area contributed by atoms with Gasteiger partial charge in [-0.25, -0.2) is 8.78 Å². The quantitative estimate of drug-likeness (QED) is 0.495. The molecule has 3 nitrogen and oxygen atoms in total. The Morgan fingerprint density at radius 2 is 1.61 bits per heavy atom. The first-order valence-corrected chi connectivity index (χ1v) is 7.43. The summed E-state index contributed by atoms with van der Waals surface area (Å²) in [6.07, 6.45) is -2.97. The number of ether oxygens (including phenoxy) is 1. The lowest BCUT2D eigenvalue weighted by molar-refractivity contribution is 0.000109. The van der Waals surface area contributed by atoms with E-state index < -0.39 is 29.9 Å². The molecule has 3 aromatic carbocycles. The number of hydrogen-bond donors (Lipinski definition) is 2. The predicted octanol–water partition coefficient (Wildman–Crippen LogP) is 3.12.